The van der Waals surface area contributed by atoms with Crippen LogP contribution in [0.15, 0.2) is 22.7 Å². The molecule has 1 aromatic carbocycles. The van der Waals surface area contributed by atoms with Crippen molar-refractivity contribution in [1.82, 2.24) is 9.80 Å². The van der Waals surface area contributed by atoms with Crippen LogP contribution in [0.1, 0.15) is 18.5 Å². The maximum Gasteiger partial charge on any atom is 0.0378 e. The van der Waals surface area contributed by atoms with Crippen LogP contribution in [0.25, 0.3) is 0 Å². The molecule has 1 fully saturated rings. The molecule has 1 aliphatic heterocycles. The number of hydrogen-bond acceptors (Lipinski definition) is 4. The molecule has 1 atom stereocenters. The summed E-state index contributed by atoms with van der Waals surface area (Å²) in [6, 6.07) is 6.60. The number of hydrogen-bond donors (Lipinski definition) is 1. The normalized spacial score (nSPS) is 18.3. The average Bonchev–Trinajstić information content (AvgIpc) is 2.45. The van der Waals surface area contributed by atoms with Gasteiger partial charge in [-0.1, -0.05) is 22.0 Å². The Labute approximate surface area is 137 Å². The molecule has 1 aliphatic rings. The molecular formula is C16H27BrN4. The Balaban J connectivity index is 1.91. The minimum absolute atomic E-state index is 0.0660. The van der Waals surface area contributed by atoms with Gasteiger partial charge in [0.05, 0.1) is 0 Å². The van der Waals surface area contributed by atoms with E-state index in [4.69, 9.17) is 5.73 Å². The third-order valence-electron chi connectivity index (χ3n) is 4.08. The molecule has 21 heavy (non-hydrogen) atoms. The molecule has 0 aliphatic carbocycles. The minimum Gasteiger partial charge on any atom is -0.369 e. The van der Waals surface area contributed by atoms with E-state index in [0.717, 1.165) is 43.7 Å². The zero-order chi connectivity index (χ0) is 15.4. The summed E-state index contributed by atoms with van der Waals surface area (Å²) in [5.74, 6) is 0. The Bertz CT molecular complexity index is 454. The minimum atomic E-state index is 0.0660. The summed E-state index contributed by atoms with van der Waals surface area (Å²) in [6.45, 7) is 8.78. The first-order valence-corrected chi connectivity index (χ1v) is 8.43. The maximum absolute atomic E-state index is 5.96. The fourth-order valence-electron chi connectivity index (χ4n) is 2.65. The summed E-state index contributed by atoms with van der Waals surface area (Å²) in [6.07, 6.45) is 0. The highest BCUT2D eigenvalue weighted by molar-refractivity contribution is 9.10. The van der Waals surface area contributed by atoms with Crippen LogP contribution >= 0.6 is 15.9 Å². The van der Waals surface area contributed by atoms with Crippen molar-refractivity contribution in [3.8, 4) is 0 Å². The third-order valence-corrected chi connectivity index (χ3v) is 4.76. The number of halogens is 1. The van der Waals surface area contributed by atoms with E-state index < -0.39 is 0 Å². The van der Waals surface area contributed by atoms with Gasteiger partial charge in [-0.15, -0.1) is 0 Å². The van der Waals surface area contributed by atoms with E-state index in [1.807, 2.05) is 6.92 Å². The molecular weight excluding hydrogens is 328 g/mol. The van der Waals surface area contributed by atoms with Crippen molar-refractivity contribution in [3.63, 3.8) is 0 Å². The number of likely N-dealkylation sites (N-methyl/N-ethyl adjacent to an activating group) is 1. The van der Waals surface area contributed by atoms with Crippen LogP contribution in [-0.4, -0.2) is 63.2 Å². The lowest BCUT2D eigenvalue weighted by molar-refractivity contribution is 0.229. The van der Waals surface area contributed by atoms with Crippen molar-refractivity contribution in [3.05, 3.63) is 28.2 Å². The lowest BCUT2D eigenvalue weighted by Gasteiger charge is -2.36. The summed E-state index contributed by atoms with van der Waals surface area (Å²) in [7, 11) is 4.27. The first-order valence-electron chi connectivity index (χ1n) is 7.64. The predicted octanol–water partition coefficient (Wildman–Crippen LogP) is 2.15. The largest absolute Gasteiger partial charge is 0.369 e. The quantitative estimate of drug-likeness (QED) is 0.878. The molecule has 2 N–H and O–H groups in total. The van der Waals surface area contributed by atoms with Gasteiger partial charge in [0.1, 0.15) is 0 Å². The molecule has 2 rings (SSSR count). The van der Waals surface area contributed by atoms with Crippen molar-refractivity contribution >= 4 is 21.6 Å². The molecule has 0 saturated carbocycles. The maximum atomic E-state index is 5.96. The number of nitrogens with zero attached hydrogens (tertiary/aromatic N) is 3. The SMILES string of the molecule is C[C@@H](N)c1ccc(N2CCN(CCN(C)C)CC2)cc1Br. The molecule has 0 aromatic heterocycles. The smallest absolute Gasteiger partial charge is 0.0378 e. The van der Waals surface area contributed by atoms with E-state index in [2.05, 4.69) is 62.9 Å². The molecule has 0 bridgehead atoms. The van der Waals surface area contributed by atoms with Crippen molar-refractivity contribution in [2.24, 2.45) is 5.73 Å². The molecule has 118 valence electrons. The van der Waals surface area contributed by atoms with Crippen LogP contribution in [0.4, 0.5) is 5.69 Å². The molecule has 0 unspecified atom stereocenters. The van der Waals surface area contributed by atoms with Gasteiger partial charge in [-0.25, -0.2) is 0 Å². The number of rotatable bonds is 5. The van der Waals surface area contributed by atoms with E-state index in [0.29, 0.717) is 0 Å². The molecule has 5 heteroatoms. The lowest BCUT2D eigenvalue weighted by atomic mass is 10.1. The monoisotopic (exact) mass is 354 g/mol. The Morgan fingerprint density at radius 1 is 1.24 bits per heavy atom. The Morgan fingerprint density at radius 2 is 1.90 bits per heavy atom. The highest BCUT2D eigenvalue weighted by Crippen LogP contribution is 2.28. The molecule has 1 saturated heterocycles. The second-order valence-corrected chi connectivity index (χ2v) is 6.98. The zero-order valence-corrected chi connectivity index (χ0v) is 14.9. The molecule has 0 spiro atoms. The second-order valence-electron chi connectivity index (χ2n) is 6.13. The van der Waals surface area contributed by atoms with Gasteiger partial charge < -0.3 is 15.5 Å². The highest BCUT2D eigenvalue weighted by Gasteiger charge is 2.18. The number of anilines is 1. The molecule has 0 radical (unpaired) electrons. The van der Waals surface area contributed by atoms with E-state index in [-0.39, 0.29) is 6.04 Å². The summed E-state index contributed by atoms with van der Waals surface area (Å²) in [5, 5.41) is 0. The standard InChI is InChI=1S/C16H27BrN4/c1-13(18)15-5-4-14(12-16(15)17)21-10-8-20(9-11-21)7-6-19(2)3/h4-5,12-13H,6-11,18H2,1-3H3/t13-/m1/s1. The average molecular weight is 355 g/mol. The first-order chi connectivity index (χ1) is 9.97. The van der Waals surface area contributed by atoms with Gasteiger partial charge in [0, 0.05) is 55.5 Å². The van der Waals surface area contributed by atoms with Crippen LogP contribution in [-0.2, 0) is 0 Å². The van der Waals surface area contributed by atoms with Crippen LogP contribution in [0.3, 0.4) is 0 Å². The fourth-order valence-corrected chi connectivity index (χ4v) is 3.38. The zero-order valence-electron chi connectivity index (χ0n) is 13.3. The summed E-state index contributed by atoms with van der Waals surface area (Å²) >= 11 is 3.64. The fraction of sp³-hybridized carbons (Fsp3) is 0.625. The van der Waals surface area contributed by atoms with Crippen molar-refractivity contribution in [1.29, 1.82) is 0 Å². The predicted molar refractivity (Wildman–Crippen MR) is 94.0 cm³/mol. The Hall–Kier alpha value is -0.620. The molecule has 4 nitrogen and oxygen atoms in total. The number of benzene rings is 1. The van der Waals surface area contributed by atoms with Crippen LogP contribution in [0, 0.1) is 0 Å². The number of nitrogens with two attached hydrogens (primary N) is 1. The third kappa shape index (κ3) is 4.68. The topological polar surface area (TPSA) is 35.7 Å². The molecule has 0 amide bonds. The lowest BCUT2D eigenvalue weighted by Crippen LogP contribution is -2.48. The second kappa shape index (κ2) is 7.58. The van der Waals surface area contributed by atoms with Crippen LogP contribution in [0.2, 0.25) is 0 Å². The molecule has 1 aromatic rings. The van der Waals surface area contributed by atoms with E-state index in [1.165, 1.54) is 11.3 Å². The van der Waals surface area contributed by atoms with Gasteiger partial charge in [0.2, 0.25) is 0 Å². The summed E-state index contributed by atoms with van der Waals surface area (Å²) in [4.78, 5) is 7.25. The van der Waals surface area contributed by atoms with E-state index in [1.54, 1.807) is 0 Å². The van der Waals surface area contributed by atoms with Gasteiger partial charge in [0.15, 0.2) is 0 Å². The summed E-state index contributed by atoms with van der Waals surface area (Å²) in [5.41, 5.74) is 8.42. The van der Waals surface area contributed by atoms with Gasteiger partial charge in [0.25, 0.3) is 0 Å². The van der Waals surface area contributed by atoms with Crippen LogP contribution in [0.5, 0.6) is 0 Å². The van der Waals surface area contributed by atoms with Gasteiger partial charge in [-0.05, 0) is 38.7 Å². The van der Waals surface area contributed by atoms with Gasteiger partial charge >= 0.3 is 0 Å². The van der Waals surface area contributed by atoms with Crippen LogP contribution < -0.4 is 10.6 Å². The van der Waals surface area contributed by atoms with Gasteiger partial charge in [-0.3, -0.25) is 4.90 Å². The summed E-state index contributed by atoms with van der Waals surface area (Å²) < 4.78 is 1.12. The van der Waals surface area contributed by atoms with Crippen molar-refractivity contribution < 1.29 is 0 Å². The van der Waals surface area contributed by atoms with Crippen molar-refractivity contribution in [2.45, 2.75) is 13.0 Å². The van der Waals surface area contributed by atoms with E-state index >= 15 is 0 Å². The van der Waals surface area contributed by atoms with Gasteiger partial charge in [-0.2, -0.15) is 0 Å². The first kappa shape index (κ1) is 16.7. The van der Waals surface area contributed by atoms with E-state index in [9.17, 15) is 0 Å². The Kier molecular flexibility index (Phi) is 6.05. The number of piperazine rings is 1. The highest BCUT2D eigenvalue weighted by atomic mass is 79.9. The van der Waals surface area contributed by atoms with Crippen molar-refractivity contribution in [2.75, 3.05) is 58.3 Å². The molecule has 1 heterocycles. The Morgan fingerprint density at radius 3 is 2.43 bits per heavy atom.